The minimum absolute atomic E-state index is 0.0866. The maximum absolute atomic E-state index is 11.7. The van der Waals surface area contributed by atoms with E-state index in [0.717, 1.165) is 19.2 Å². The summed E-state index contributed by atoms with van der Waals surface area (Å²) >= 11 is 0. The van der Waals surface area contributed by atoms with Gasteiger partial charge in [0.25, 0.3) is 0 Å². The monoisotopic (exact) mass is 228 g/mol. The molecule has 2 amide bonds. The van der Waals surface area contributed by atoms with E-state index in [-0.39, 0.29) is 19.4 Å². The maximum Gasteiger partial charge on any atom is 0.330 e. The summed E-state index contributed by atoms with van der Waals surface area (Å²) in [6.07, 6.45) is 1.09. The van der Waals surface area contributed by atoms with Gasteiger partial charge in [-0.15, -0.1) is 0 Å². The Morgan fingerprint density at radius 3 is 2.69 bits per heavy atom. The van der Waals surface area contributed by atoms with Gasteiger partial charge in [0, 0.05) is 26.3 Å². The van der Waals surface area contributed by atoms with E-state index < -0.39 is 5.97 Å². The number of carbonyl (C=O) groups is 2. The van der Waals surface area contributed by atoms with Crippen molar-refractivity contribution < 1.29 is 19.1 Å². The van der Waals surface area contributed by atoms with E-state index in [9.17, 15) is 9.59 Å². The zero-order valence-electron chi connectivity index (χ0n) is 9.35. The zero-order chi connectivity index (χ0) is 12.0. The van der Waals surface area contributed by atoms with Gasteiger partial charge in [-0.1, -0.05) is 6.58 Å². The van der Waals surface area contributed by atoms with Crippen molar-refractivity contribution >= 4 is 12.0 Å². The molecule has 0 aliphatic carbocycles. The van der Waals surface area contributed by atoms with Gasteiger partial charge in [0.1, 0.15) is 13.3 Å². The molecule has 0 aromatic rings. The van der Waals surface area contributed by atoms with E-state index in [1.54, 1.807) is 4.90 Å². The highest BCUT2D eigenvalue weighted by Gasteiger charge is 2.28. The Balaban J connectivity index is 2.29. The molecule has 1 aliphatic heterocycles. The highest BCUT2D eigenvalue weighted by atomic mass is 16.5. The van der Waals surface area contributed by atoms with Gasteiger partial charge in [-0.25, -0.2) is 9.59 Å². The van der Waals surface area contributed by atoms with Crippen molar-refractivity contribution in [1.82, 2.24) is 9.80 Å². The van der Waals surface area contributed by atoms with Gasteiger partial charge >= 0.3 is 12.0 Å². The summed E-state index contributed by atoms with van der Waals surface area (Å²) in [5, 5.41) is 0. The number of amides is 2. The first-order valence-electron chi connectivity index (χ1n) is 5.01. The van der Waals surface area contributed by atoms with Crippen molar-refractivity contribution in [1.29, 1.82) is 0 Å². The first kappa shape index (κ1) is 12.5. The Kier molecular flexibility index (Phi) is 4.78. The van der Waals surface area contributed by atoms with Crippen molar-refractivity contribution in [3.8, 4) is 0 Å². The van der Waals surface area contributed by atoms with E-state index in [0.29, 0.717) is 6.54 Å². The van der Waals surface area contributed by atoms with Crippen LogP contribution >= 0.6 is 0 Å². The quantitative estimate of drug-likeness (QED) is 0.279. The van der Waals surface area contributed by atoms with Crippen LogP contribution in [0.2, 0.25) is 0 Å². The third-order valence-electron chi connectivity index (χ3n) is 2.05. The minimum atomic E-state index is -0.489. The third-order valence-corrected chi connectivity index (χ3v) is 2.05. The number of hydrogen-bond acceptors (Lipinski definition) is 4. The smallest absolute Gasteiger partial charge is 0.330 e. The molecule has 0 aromatic carbocycles. The number of carbonyl (C=O) groups excluding carboxylic acids is 2. The highest BCUT2D eigenvalue weighted by Crippen LogP contribution is 2.08. The summed E-state index contributed by atoms with van der Waals surface area (Å²) < 4.78 is 9.70. The van der Waals surface area contributed by atoms with E-state index >= 15 is 0 Å². The second-order valence-corrected chi connectivity index (χ2v) is 3.32. The fourth-order valence-corrected chi connectivity index (χ4v) is 1.13. The molecule has 16 heavy (non-hydrogen) atoms. The van der Waals surface area contributed by atoms with Crippen LogP contribution in [0.1, 0.15) is 0 Å². The molecule has 1 rings (SSSR count). The molecule has 90 valence electrons. The third kappa shape index (κ3) is 3.90. The molecule has 6 heteroatoms. The Morgan fingerprint density at radius 1 is 1.50 bits per heavy atom. The van der Waals surface area contributed by atoms with E-state index in [2.05, 4.69) is 6.58 Å². The van der Waals surface area contributed by atoms with Crippen molar-refractivity contribution in [2.75, 3.05) is 40.1 Å². The molecule has 1 saturated heterocycles. The fourth-order valence-electron chi connectivity index (χ4n) is 1.13. The molecule has 6 nitrogen and oxygen atoms in total. The molecule has 1 heterocycles. The molecule has 0 N–H and O–H groups in total. The minimum Gasteiger partial charge on any atom is -0.461 e. The zero-order valence-corrected chi connectivity index (χ0v) is 9.35. The van der Waals surface area contributed by atoms with Crippen LogP contribution in [-0.4, -0.2) is 61.9 Å². The topological polar surface area (TPSA) is 58.8 Å². The molecule has 1 fully saturated rings. The Labute approximate surface area is 94.4 Å². The van der Waals surface area contributed by atoms with Crippen molar-refractivity contribution in [3.05, 3.63) is 12.7 Å². The van der Waals surface area contributed by atoms with Crippen molar-refractivity contribution in [2.45, 2.75) is 0 Å². The molecule has 0 saturated carbocycles. The van der Waals surface area contributed by atoms with Crippen molar-refractivity contribution in [3.63, 3.8) is 0 Å². The van der Waals surface area contributed by atoms with Crippen molar-refractivity contribution in [2.24, 2.45) is 0 Å². The lowest BCUT2D eigenvalue weighted by Gasteiger charge is -2.21. The van der Waals surface area contributed by atoms with Crippen LogP contribution in [0.3, 0.4) is 0 Å². The van der Waals surface area contributed by atoms with Gasteiger partial charge in [0.2, 0.25) is 0 Å². The number of ether oxygens (including phenoxy) is 2. The number of methoxy groups -OCH3 is 1. The molecular weight excluding hydrogens is 212 g/mol. The lowest BCUT2D eigenvalue weighted by atomic mass is 10.5. The normalized spacial score (nSPS) is 13.2. The Morgan fingerprint density at radius 2 is 2.19 bits per heavy atom. The van der Waals surface area contributed by atoms with E-state index in [1.165, 1.54) is 12.0 Å². The fraction of sp³-hybridized carbons (Fsp3) is 0.600. The first-order chi connectivity index (χ1) is 7.69. The molecular formula is C10H16N2O4. The summed E-state index contributed by atoms with van der Waals surface area (Å²) in [5.41, 5.74) is 0. The lowest BCUT2D eigenvalue weighted by molar-refractivity contribution is -0.138. The van der Waals surface area contributed by atoms with Gasteiger partial charge in [0.15, 0.2) is 0 Å². The summed E-state index contributed by atoms with van der Waals surface area (Å²) in [5.74, 6) is -0.489. The second kappa shape index (κ2) is 6.12. The number of nitrogens with zero attached hydrogens (tertiary/aromatic N) is 2. The second-order valence-electron chi connectivity index (χ2n) is 3.32. The first-order valence-corrected chi connectivity index (χ1v) is 5.01. The molecule has 0 aromatic heterocycles. The maximum atomic E-state index is 11.7. The summed E-state index contributed by atoms with van der Waals surface area (Å²) in [4.78, 5) is 25.6. The van der Waals surface area contributed by atoms with Gasteiger partial charge < -0.3 is 14.4 Å². The van der Waals surface area contributed by atoms with Crippen LogP contribution in [0.5, 0.6) is 0 Å². The van der Waals surface area contributed by atoms with Crippen LogP contribution in [0.4, 0.5) is 4.79 Å². The van der Waals surface area contributed by atoms with Crippen LogP contribution in [0.25, 0.3) is 0 Å². The van der Waals surface area contributed by atoms with Crippen LogP contribution < -0.4 is 0 Å². The number of urea groups is 1. The largest absolute Gasteiger partial charge is 0.461 e. The Hall–Kier alpha value is -1.56. The van der Waals surface area contributed by atoms with E-state index in [1.807, 2.05) is 0 Å². The summed E-state index contributed by atoms with van der Waals surface area (Å²) in [6, 6.07) is -0.0866. The summed E-state index contributed by atoms with van der Waals surface area (Å²) in [6.45, 7) is 5.51. The average molecular weight is 228 g/mol. The standard InChI is InChI=1S/C10H16N2O4/c1-3-9(13)16-7-6-12(8-15-2)10(14)11-4-5-11/h3H,1,4-8H2,2H3. The number of rotatable bonds is 6. The molecule has 0 radical (unpaired) electrons. The molecule has 0 bridgehead atoms. The van der Waals surface area contributed by atoms with Gasteiger partial charge in [-0.3, -0.25) is 4.90 Å². The van der Waals surface area contributed by atoms with Crippen LogP contribution in [0.15, 0.2) is 12.7 Å². The molecule has 1 aliphatic rings. The van der Waals surface area contributed by atoms with Gasteiger partial charge in [0.05, 0.1) is 6.54 Å². The number of hydrogen-bond donors (Lipinski definition) is 0. The molecule has 0 spiro atoms. The molecule has 0 unspecified atom stereocenters. The number of esters is 1. The SMILES string of the molecule is C=CC(=O)OCCN(COC)C(=O)N1CC1. The highest BCUT2D eigenvalue weighted by molar-refractivity contribution is 5.81. The van der Waals surface area contributed by atoms with E-state index in [4.69, 9.17) is 9.47 Å². The Bertz CT molecular complexity index is 276. The molecule has 0 atom stereocenters. The predicted molar refractivity (Wildman–Crippen MR) is 56.7 cm³/mol. The summed E-state index contributed by atoms with van der Waals surface area (Å²) in [7, 11) is 1.51. The lowest BCUT2D eigenvalue weighted by Crippen LogP contribution is -2.38. The average Bonchev–Trinajstić information content (AvgIpc) is 3.10. The van der Waals surface area contributed by atoms with Crippen LogP contribution in [-0.2, 0) is 14.3 Å². The van der Waals surface area contributed by atoms with Gasteiger partial charge in [-0.2, -0.15) is 0 Å². The van der Waals surface area contributed by atoms with Crippen LogP contribution in [0, 0.1) is 0 Å². The van der Waals surface area contributed by atoms with Gasteiger partial charge in [-0.05, 0) is 0 Å². The predicted octanol–water partition coefficient (Wildman–Crippen LogP) is 0.0571.